The van der Waals surface area contributed by atoms with Crippen LogP contribution < -0.4 is 4.90 Å². The lowest BCUT2D eigenvalue weighted by molar-refractivity contribution is 0.689. The summed E-state index contributed by atoms with van der Waals surface area (Å²) in [7, 11) is 0. The molecule has 2 aromatic rings. The van der Waals surface area contributed by atoms with Gasteiger partial charge in [-0.2, -0.15) is 0 Å². The van der Waals surface area contributed by atoms with Crippen molar-refractivity contribution in [3.05, 3.63) is 45.9 Å². The van der Waals surface area contributed by atoms with Crippen LogP contribution in [0, 0.1) is 0 Å². The van der Waals surface area contributed by atoms with Crippen molar-refractivity contribution in [3.8, 4) is 0 Å². The second-order valence-electron chi connectivity index (χ2n) is 4.52. The van der Waals surface area contributed by atoms with E-state index in [0.29, 0.717) is 5.88 Å². The van der Waals surface area contributed by atoms with Crippen LogP contribution in [0.4, 0.5) is 5.69 Å². The van der Waals surface area contributed by atoms with Crippen LogP contribution in [0.2, 0.25) is 0 Å². The summed E-state index contributed by atoms with van der Waals surface area (Å²) < 4.78 is 0. The number of rotatable bonds is 3. The van der Waals surface area contributed by atoms with Gasteiger partial charge in [0.2, 0.25) is 0 Å². The molecule has 4 heteroatoms. The zero-order chi connectivity index (χ0) is 12.4. The molecule has 0 saturated heterocycles. The molecule has 0 unspecified atom stereocenters. The highest BCUT2D eigenvalue weighted by Crippen LogP contribution is 2.28. The smallest absolute Gasteiger partial charge is 0.112 e. The van der Waals surface area contributed by atoms with Gasteiger partial charge in [-0.25, -0.2) is 4.98 Å². The zero-order valence-corrected chi connectivity index (χ0v) is 11.7. The van der Waals surface area contributed by atoms with Crippen LogP contribution in [-0.4, -0.2) is 11.5 Å². The van der Waals surface area contributed by atoms with Gasteiger partial charge in [-0.05, 0) is 24.5 Å². The highest BCUT2D eigenvalue weighted by molar-refractivity contribution is 7.09. The highest BCUT2D eigenvalue weighted by Gasteiger charge is 2.17. The summed E-state index contributed by atoms with van der Waals surface area (Å²) in [6.45, 7) is 2.02. The van der Waals surface area contributed by atoms with Crippen molar-refractivity contribution in [2.24, 2.45) is 0 Å². The Morgan fingerprint density at radius 2 is 2.22 bits per heavy atom. The number of anilines is 1. The van der Waals surface area contributed by atoms with Crippen molar-refractivity contribution in [1.29, 1.82) is 0 Å². The number of hydrogen-bond donors (Lipinski definition) is 0. The second-order valence-corrected chi connectivity index (χ2v) is 5.73. The van der Waals surface area contributed by atoms with Gasteiger partial charge < -0.3 is 4.90 Å². The molecule has 1 aliphatic rings. The third kappa shape index (κ3) is 2.38. The highest BCUT2D eigenvalue weighted by atomic mass is 35.5. The number of alkyl halides is 1. The van der Waals surface area contributed by atoms with Gasteiger partial charge in [0.05, 0.1) is 18.1 Å². The molecular weight excluding hydrogens is 264 g/mol. The third-order valence-corrected chi connectivity index (χ3v) is 4.43. The molecule has 1 aromatic carbocycles. The predicted molar refractivity (Wildman–Crippen MR) is 77.5 cm³/mol. The van der Waals surface area contributed by atoms with Crippen LogP contribution in [-0.2, 0) is 18.8 Å². The Hall–Kier alpha value is -1.06. The Balaban J connectivity index is 1.81. The van der Waals surface area contributed by atoms with Gasteiger partial charge >= 0.3 is 0 Å². The fraction of sp³-hybridized carbons (Fsp3) is 0.357. The summed E-state index contributed by atoms with van der Waals surface area (Å²) in [6, 6.07) is 8.68. The van der Waals surface area contributed by atoms with E-state index in [1.54, 1.807) is 11.3 Å². The van der Waals surface area contributed by atoms with E-state index in [1.807, 2.05) is 0 Å². The van der Waals surface area contributed by atoms with Crippen molar-refractivity contribution in [3.63, 3.8) is 0 Å². The van der Waals surface area contributed by atoms with Gasteiger partial charge in [0.1, 0.15) is 5.01 Å². The number of nitrogens with zero attached hydrogens (tertiary/aromatic N) is 2. The fourth-order valence-electron chi connectivity index (χ4n) is 2.42. The Labute approximate surface area is 116 Å². The molecule has 0 amide bonds. The molecule has 94 valence electrons. The van der Waals surface area contributed by atoms with Gasteiger partial charge in [0.25, 0.3) is 0 Å². The molecular formula is C14H15ClN2S. The van der Waals surface area contributed by atoms with Gasteiger partial charge in [-0.15, -0.1) is 22.9 Å². The summed E-state index contributed by atoms with van der Waals surface area (Å²) in [5, 5.41) is 3.21. The standard InChI is InChI=1S/C14H15ClN2S/c15-8-12-10-18-14(16-12)9-17-7-3-5-11-4-1-2-6-13(11)17/h1-2,4,6,10H,3,5,7-9H2. The van der Waals surface area contributed by atoms with Crippen molar-refractivity contribution in [2.75, 3.05) is 11.4 Å². The van der Waals surface area contributed by atoms with Crippen molar-refractivity contribution in [1.82, 2.24) is 4.98 Å². The summed E-state index contributed by atoms with van der Waals surface area (Å²) in [5.74, 6) is 0.507. The maximum absolute atomic E-state index is 5.79. The second kappa shape index (κ2) is 5.29. The average molecular weight is 279 g/mol. The van der Waals surface area contributed by atoms with Crippen LogP contribution in [0.3, 0.4) is 0 Å². The first-order valence-corrected chi connectivity index (χ1v) is 7.60. The lowest BCUT2D eigenvalue weighted by Crippen LogP contribution is -2.28. The molecule has 0 radical (unpaired) electrons. The van der Waals surface area contributed by atoms with Crippen molar-refractivity contribution < 1.29 is 0 Å². The molecule has 18 heavy (non-hydrogen) atoms. The predicted octanol–water partition coefficient (Wildman–Crippen LogP) is 3.83. The summed E-state index contributed by atoms with van der Waals surface area (Å²) in [4.78, 5) is 6.97. The molecule has 1 aromatic heterocycles. The molecule has 0 N–H and O–H groups in total. The largest absolute Gasteiger partial charge is 0.365 e. The van der Waals surface area contributed by atoms with Crippen molar-refractivity contribution in [2.45, 2.75) is 25.3 Å². The average Bonchev–Trinajstić information content (AvgIpc) is 2.87. The Kier molecular flexibility index (Phi) is 3.52. The molecule has 0 saturated carbocycles. The maximum atomic E-state index is 5.79. The minimum absolute atomic E-state index is 0.507. The molecule has 0 aliphatic carbocycles. The van der Waals surface area contributed by atoms with E-state index >= 15 is 0 Å². The lowest BCUT2D eigenvalue weighted by Gasteiger charge is -2.30. The quantitative estimate of drug-likeness (QED) is 0.793. The number of thiazole rings is 1. The molecule has 0 fully saturated rings. The fourth-order valence-corrected chi connectivity index (χ4v) is 3.46. The Bertz CT molecular complexity index is 538. The van der Waals surface area contributed by atoms with E-state index in [-0.39, 0.29) is 0 Å². The number of halogens is 1. The molecule has 2 nitrogen and oxygen atoms in total. The van der Waals surface area contributed by atoms with Crippen LogP contribution in [0.5, 0.6) is 0 Å². The minimum atomic E-state index is 0.507. The van der Waals surface area contributed by atoms with Gasteiger partial charge in [0.15, 0.2) is 0 Å². The van der Waals surface area contributed by atoms with Crippen LogP contribution >= 0.6 is 22.9 Å². The first-order valence-electron chi connectivity index (χ1n) is 6.19. The van der Waals surface area contributed by atoms with Crippen LogP contribution in [0.1, 0.15) is 22.7 Å². The SMILES string of the molecule is ClCc1csc(CN2CCCc3ccccc32)n1. The van der Waals surface area contributed by atoms with E-state index in [9.17, 15) is 0 Å². The van der Waals surface area contributed by atoms with Gasteiger partial charge in [-0.3, -0.25) is 0 Å². The van der Waals surface area contributed by atoms with E-state index in [1.165, 1.54) is 24.1 Å². The molecule has 3 rings (SSSR count). The van der Waals surface area contributed by atoms with E-state index in [4.69, 9.17) is 11.6 Å². The molecule has 2 heterocycles. The summed E-state index contributed by atoms with van der Waals surface area (Å²) >= 11 is 7.50. The topological polar surface area (TPSA) is 16.1 Å². The van der Waals surface area contributed by atoms with Crippen molar-refractivity contribution >= 4 is 28.6 Å². The number of aromatic nitrogens is 1. The zero-order valence-electron chi connectivity index (χ0n) is 10.1. The van der Waals surface area contributed by atoms with Gasteiger partial charge in [0, 0.05) is 17.6 Å². The number of para-hydroxylation sites is 1. The Morgan fingerprint density at radius 3 is 3.06 bits per heavy atom. The van der Waals surface area contributed by atoms with E-state index in [0.717, 1.165) is 23.8 Å². The summed E-state index contributed by atoms with van der Waals surface area (Å²) in [6.07, 6.45) is 2.42. The first-order chi connectivity index (χ1) is 8.86. The number of benzene rings is 1. The van der Waals surface area contributed by atoms with Crippen LogP contribution in [0.15, 0.2) is 29.6 Å². The monoisotopic (exact) mass is 278 g/mol. The third-order valence-electron chi connectivity index (χ3n) is 3.27. The van der Waals surface area contributed by atoms with E-state index < -0.39 is 0 Å². The number of hydrogen-bond acceptors (Lipinski definition) is 3. The van der Waals surface area contributed by atoms with Gasteiger partial charge in [-0.1, -0.05) is 18.2 Å². The lowest BCUT2D eigenvalue weighted by atomic mass is 10.0. The van der Waals surface area contributed by atoms with Crippen LogP contribution in [0.25, 0.3) is 0 Å². The molecule has 0 bridgehead atoms. The summed E-state index contributed by atoms with van der Waals surface area (Å²) in [5.41, 5.74) is 3.81. The van der Waals surface area contributed by atoms with E-state index in [2.05, 4.69) is 39.5 Å². The first kappa shape index (κ1) is 12.0. The number of fused-ring (bicyclic) bond motifs is 1. The number of aryl methyl sites for hydroxylation is 1. The normalized spacial score (nSPS) is 14.6. The molecule has 1 aliphatic heterocycles. The molecule has 0 atom stereocenters. The Morgan fingerprint density at radius 1 is 1.33 bits per heavy atom. The maximum Gasteiger partial charge on any atom is 0.112 e. The minimum Gasteiger partial charge on any atom is -0.365 e. The molecule has 0 spiro atoms.